The summed E-state index contributed by atoms with van der Waals surface area (Å²) < 4.78 is 11.2. The van der Waals surface area contributed by atoms with E-state index in [-0.39, 0.29) is 35.5 Å². The van der Waals surface area contributed by atoms with Crippen LogP contribution in [0.5, 0.6) is 11.5 Å². The molecule has 3 aliphatic heterocycles. The minimum Gasteiger partial charge on any atom is -0.496 e. The van der Waals surface area contributed by atoms with Gasteiger partial charge in [-0.1, -0.05) is 20.8 Å². The van der Waals surface area contributed by atoms with Gasteiger partial charge in [0.15, 0.2) is 0 Å². The summed E-state index contributed by atoms with van der Waals surface area (Å²) in [7, 11) is 1.35. The van der Waals surface area contributed by atoms with Gasteiger partial charge in [0.1, 0.15) is 17.5 Å². The molecule has 1 unspecified atom stereocenters. The van der Waals surface area contributed by atoms with Gasteiger partial charge in [0.05, 0.1) is 18.2 Å². The number of nitrogens with zero attached hydrogens (tertiary/aromatic N) is 2. The number of carbonyl (C=O) groups is 5. The predicted molar refractivity (Wildman–Crippen MR) is 119 cm³/mol. The van der Waals surface area contributed by atoms with Gasteiger partial charge < -0.3 is 19.7 Å². The lowest BCUT2D eigenvalue weighted by molar-refractivity contribution is -0.136. The molecule has 11 heteroatoms. The van der Waals surface area contributed by atoms with Crippen LogP contribution < -0.4 is 20.1 Å². The third kappa shape index (κ3) is 4.00. The van der Waals surface area contributed by atoms with Gasteiger partial charge in [-0.2, -0.15) is 0 Å². The van der Waals surface area contributed by atoms with Crippen molar-refractivity contribution in [1.82, 2.24) is 20.4 Å². The molecule has 0 aromatic heterocycles. The lowest BCUT2D eigenvalue weighted by Gasteiger charge is -2.29. The van der Waals surface area contributed by atoms with E-state index >= 15 is 0 Å². The van der Waals surface area contributed by atoms with Crippen molar-refractivity contribution < 1.29 is 33.4 Å². The van der Waals surface area contributed by atoms with Crippen molar-refractivity contribution in [2.75, 3.05) is 33.3 Å². The fourth-order valence-electron chi connectivity index (χ4n) is 4.60. The van der Waals surface area contributed by atoms with E-state index in [9.17, 15) is 24.0 Å². The van der Waals surface area contributed by atoms with E-state index in [4.69, 9.17) is 9.47 Å². The molecule has 3 heterocycles. The zero-order chi connectivity index (χ0) is 24.8. The molecule has 34 heavy (non-hydrogen) atoms. The first-order valence-corrected chi connectivity index (χ1v) is 11.2. The summed E-state index contributed by atoms with van der Waals surface area (Å²) in [5.74, 6) is -2.33. The second-order valence-corrected chi connectivity index (χ2v) is 9.50. The summed E-state index contributed by atoms with van der Waals surface area (Å²) in [6.45, 7) is 7.75. The Hall–Kier alpha value is -3.47. The number of hydrogen-bond donors (Lipinski definition) is 2. The Morgan fingerprint density at radius 1 is 1.03 bits per heavy atom. The molecule has 182 valence electrons. The van der Waals surface area contributed by atoms with Crippen LogP contribution >= 0.6 is 0 Å². The molecule has 0 bridgehead atoms. The standard InChI is InChI=1S/C23H28N4O7/c1-23(2,3)18-14(34-22(32)26-9-7-24-8-10-26)11-13(33-4)16-17(18)21(31)27(20(16)30)12-5-6-15(28)25-19(12)29/h11-12,24H,5-10H2,1-4H3,(H,25,28,29). The number of carbonyl (C=O) groups excluding carboxylic acids is 5. The van der Waals surface area contributed by atoms with Crippen molar-refractivity contribution >= 4 is 29.7 Å². The van der Waals surface area contributed by atoms with E-state index in [0.29, 0.717) is 31.7 Å². The van der Waals surface area contributed by atoms with Crippen LogP contribution in [0.1, 0.15) is 59.9 Å². The van der Waals surface area contributed by atoms with Gasteiger partial charge in [-0.15, -0.1) is 0 Å². The summed E-state index contributed by atoms with van der Waals surface area (Å²) in [6.07, 6.45) is -0.512. The number of amides is 5. The molecule has 4 rings (SSSR count). The van der Waals surface area contributed by atoms with E-state index < -0.39 is 41.2 Å². The van der Waals surface area contributed by atoms with Gasteiger partial charge in [0.2, 0.25) is 11.8 Å². The van der Waals surface area contributed by atoms with Gasteiger partial charge in [-0.05, 0) is 11.8 Å². The van der Waals surface area contributed by atoms with E-state index in [1.54, 1.807) is 4.90 Å². The number of piperidine rings is 1. The molecule has 0 spiro atoms. The number of rotatable bonds is 3. The van der Waals surface area contributed by atoms with Gasteiger partial charge in [-0.3, -0.25) is 29.4 Å². The molecule has 0 radical (unpaired) electrons. The van der Waals surface area contributed by atoms with Crippen molar-refractivity contribution in [3.05, 3.63) is 22.8 Å². The molecule has 0 saturated carbocycles. The van der Waals surface area contributed by atoms with E-state index in [2.05, 4.69) is 10.6 Å². The van der Waals surface area contributed by atoms with Gasteiger partial charge in [-0.25, -0.2) is 4.79 Å². The van der Waals surface area contributed by atoms with Crippen molar-refractivity contribution in [3.8, 4) is 11.5 Å². The van der Waals surface area contributed by atoms with Gasteiger partial charge in [0.25, 0.3) is 11.8 Å². The maximum atomic E-state index is 13.6. The molecule has 2 saturated heterocycles. The topological polar surface area (TPSA) is 134 Å². The van der Waals surface area contributed by atoms with Crippen LogP contribution in [0.3, 0.4) is 0 Å². The minimum absolute atomic E-state index is 0.0145. The van der Waals surface area contributed by atoms with Crippen molar-refractivity contribution in [2.45, 2.75) is 45.1 Å². The first-order valence-electron chi connectivity index (χ1n) is 11.2. The largest absolute Gasteiger partial charge is 0.496 e. The van der Waals surface area contributed by atoms with E-state index in [1.165, 1.54) is 13.2 Å². The van der Waals surface area contributed by atoms with Crippen LogP contribution in [-0.4, -0.2) is 78.9 Å². The zero-order valence-electron chi connectivity index (χ0n) is 19.6. The summed E-state index contributed by atoms with van der Waals surface area (Å²) >= 11 is 0. The molecule has 11 nitrogen and oxygen atoms in total. The van der Waals surface area contributed by atoms with Crippen molar-refractivity contribution in [1.29, 1.82) is 0 Å². The Balaban J connectivity index is 1.80. The lowest BCUT2D eigenvalue weighted by atomic mass is 9.81. The highest BCUT2D eigenvalue weighted by Crippen LogP contribution is 2.45. The number of fused-ring (bicyclic) bond motifs is 1. The molecule has 2 fully saturated rings. The molecule has 3 aliphatic rings. The van der Waals surface area contributed by atoms with Gasteiger partial charge >= 0.3 is 6.09 Å². The number of hydrogen-bond acceptors (Lipinski definition) is 8. The summed E-state index contributed by atoms with van der Waals surface area (Å²) in [6, 6.07) is 0.327. The first kappa shape index (κ1) is 23.7. The van der Waals surface area contributed by atoms with Gasteiger partial charge in [0, 0.05) is 44.2 Å². The number of piperazine rings is 1. The van der Waals surface area contributed by atoms with Crippen LogP contribution in [0, 0.1) is 0 Å². The van der Waals surface area contributed by atoms with E-state index in [1.807, 2.05) is 20.8 Å². The fraction of sp³-hybridized carbons (Fsp3) is 0.522. The monoisotopic (exact) mass is 472 g/mol. The summed E-state index contributed by atoms with van der Waals surface area (Å²) in [4.78, 5) is 66.4. The van der Waals surface area contributed by atoms with Crippen LogP contribution in [0.4, 0.5) is 4.79 Å². The Morgan fingerprint density at radius 3 is 2.26 bits per heavy atom. The molecule has 0 aliphatic carbocycles. The number of ether oxygens (including phenoxy) is 2. The lowest BCUT2D eigenvalue weighted by Crippen LogP contribution is -2.54. The van der Waals surface area contributed by atoms with Crippen LogP contribution in [0.25, 0.3) is 0 Å². The Labute approximate surface area is 196 Å². The molecule has 1 aromatic rings. The highest BCUT2D eigenvalue weighted by Gasteiger charge is 2.49. The third-order valence-corrected chi connectivity index (χ3v) is 6.18. The number of methoxy groups -OCH3 is 1. The molecule has 5 amide bonds. The number of nitrogens with one attached hydrogen (secondary N) is 2. The molecular formula is C23H28N4O7. The minimum atomic E-state index is -1.12. The smallest absolute Gasteiger partial charge is 0.415 e. The maximum absolute atomic E-state index is 13.6. The molecule has 1 atom stereocenters. The Kier molecular flexibility index (Phi) is 6.07. The van der Waals surface area contributed by atoms with Crippen LogP contribution in [-0.2, 0) is 15.0 Å². The maximum Gasteiger partial charge on any atom is 0.415 e. The quantitative estimate of drug-likeness (QED) is 0.617. The average molecular weight is 472 g/mol. The second-order valence-electron chi connectivity index (χ2n) is 9.50. The Bertz CT molecular complexity index is 1090. The SMILES string of the molecule is COc1cc(OC(=O)N2CCNCC2)c(C(C)(C)C)c2c1C(=O)N(C1CCC(=O)NC1=O)C2=O. The summed E-state index contributed by atoms with van der Waals surface area (Å²) in [5.41, 5.74) is -0.264. The molecule has 1 aromatic carbocycles. The second kappa shape index (κ2) is 8.71. The number of imide groups is 2. The van der Waals surface area contributed by atoms with Crippen LogP contribution in [0.15, 0.2) is 6.07 Å². The third-order valence-electron chi connectivity index (χ3n) is 6.18. The predicted octanol–water partition coefficient (Wildman–Crippen LogP) is 0.798. The first-order chi connectivity index (χ1) is 16.0. The molecule has 2 N–H and O–H groups in total. The van der Waals surface area contributed by atoms with E-state index in [0.717, 1.165) is 4.90 Å². The zero-order valence-corrected chi connectivity index (χ0v) is 19.6. The molecular weight excluding hydrogens is 444 g/mol. The number of benzene rings is 1. The van der Waals surface area contributed by atoms with Crippen LogP contribution in [0.2, 0.25) is 0 Å². The van der Waals surface area contributed by atoms with Crippen molar-refractivity contribution in [2.24, 2.45) is 0 Å². The van der Waals surface area contributed by atoms with Crippen molar-refractivity contribution in [3.63, 3.8) is 0 Å². The summed E-state index contributed by atoms with van der Waals surface area (Å²) in [5, 5.41) is 5.35. The normalized spacial score (nSPS) is 20.9. The average Bonchev–Trinajstić information content (AvgIpc) is 3.03. The highest BCUT2D eigenvalue weighted by molar-refractivity contribution is 6.25. The highest BCUT2D eigenvalue weighted by atomic mass is 16.6. The fourth-order valence-corrected chi connectivity index (χ4v) is 4.60. The Morgan fingerprint density at radius 2 is 1.68 bits per heavy atom.